The molecule has 0 unspecified atom stereocenters. The van der Waals surface area contributed by atoms with Crippen molar-refractivity contribution in [1.82, 2.24) is 14.7 Å². The largest absolute Gasteiger partial charge is 0.454 e. The number of nitrogens with zero attached hydrogens (tertiary/aromatic N) is 3. The molecule has 2 aromatic rings. The third-order valence-corrected chi connectivity index (χ3v) is 3.77. The van der Waals surface area contributed by atoms with Gasteiger partial charge in [-0.15, -0.1) is 0 Å². The predicted octanol–water partition coefficient (Wildman–Crippen LogP) is 2.01. The van der Waals surface area contributed by atoms with Gasteiger partial charge >= 0.3 is 0 Å². The maximum atomic E-state index is 11.9. The van der Waals surface area contributed by atoms with E-state index in [0.717, 1.165) is 28.5 Å². The summed E-state index contributed by atoms with van der Waals surface area (Å²) in [6, 6.07) is 7.74. The van der Waals surface area contributed by atoms with Crippen LogP contribution in [0.3, 0.4) is 0 Å². The van der Waals surface area contributed by atoms with Crippen molar-refractivity contribution in [3.63, 3.8) is 0 Å². The molecule has 0 spiro atoms. The minimum Gasteiger partial charge on any atom is -0.454 e. The smallest absolute Gasteiger partial charge is 0.231 e. The number of aryl methyl sites for hydroxylation is 2. The normalized spacial score (nSPS) is 12.5. The molecule has 0 bridgehead atoms. The molecule has 116 valence electrons. The van der Waals surface area contributed by atoms with E-state index in [2.05, 4.69) is 5.10 Å². The summed E-state index contributed by atoms with van der Waals surface area (Å²) in [6.07, 6.45) is 0. The van der Waals surface area contributed by atoms with Crippen molar-refractivity contribution in [2.24, 2.45) is 7.05 Å². The van der Waals surface area contributed by atoms with Crippen molar-refractivity contribution in [3.8, 4) is 11.5 Å². The Bertz CT molecular complexity index is 689. The predicted molar refractivity (Wildman–Crippen MR) is 80.4 cm³/mol. The van der Waals surface area contributed by atoms with Crippen molar-refractivity contribution in [1.29, 1.82) is 0 Å². The molecule has 1 aliphatic rings. The van der Waals surface area contributed by atoms with E-state index in [1.54, 1.807) is 11.8 Å². The third-order valence-electron chi connectivity index (χ3n) is 3.77. The first kappa shape index (κ1) is 14.4. The van der Waals surface area contributed by atoms with E-state index in [-0.39, 0.29) is 12.7 Å². The molecule has 6 nitrogen and oxygen atoms in total. The van der Waals surface area contributed by atoms with Gasteiger partial charge in [0.25, 0.3) is 0 Å². The van der Waals surface area contributed by atoms with Crippen LogP contribution in [0.5, 0.6) is 11.5 Å². The van der Waals surface area contributed by atoms with Crippen LogP contribution in [0.1, 0.15) is 23.9 Å². The molecule has 0 aliphatic carbocycles. The first-order chi connectivity index (χ1) is 10.5. The number of benzene rings is 1. The maximum Gasteiger partial charge on any atom is 0.231 e. The summed E-state index contributed by atoms with van der Waals surface area (Å²) in [5, 5.41) is 4.41. The van der Waals surface area contributed by atoms with E-state index >= 15 is 0 Å². The fourth-order valence-electron chi connectivity index (χ4n) is 2.45. The number of aromatic nitrogens is 2. The summed E-state index contributed by atoms with van der Waals surface area (Å²) < 4.78 is 12.5. The van der Waals surface area contributed by atoms with Crippen molar-refractivity contribution >= 4 is 5.91 Å². The molecule has 0 saturated heterocycles. The molecule has 1 aliphatic heterocycles. The Morgan fingerprint density at radius 3 is 2.73 bits per heavy atom. The highest BCUT2D eigenvalue weighted by atomic mass is 16.7. The molecule has 0 atom stereocenters. The number of hydrogen-bond acceptors (Lipinski definition) is 4. The molecular formula is C16H19N3O3. The lowest BCUT2D eigenvalue weighted by atomic mass is 10.2. The first-order valence-electron chi connectivity index (χ1n) is 7.16. The number of amides is 1. The van der Waals surface area contributed by atoms with Gasteiger partial charge in [0.1, 0.15) is 0 Å². The zero-order valence-corrected chi connectivity index (χ0v) is 13.0. The van der Waals surface area contributed by atoms with Gasteiger partial charge in [0.2, 0.25) is 12.7 Å². The number of carbonyl (C=O) groups excluding carboxylic acids is 1. The second-order valence-corrected chi connectivity index (χ2v) is 5.46. The van der Waals surface area contributed by atoms with Crippen molar-refractivity contribution in [2.75, 3.05) is 6.79 Å². The van der Waals surface area contributed by atoms with Crippen LogP contribution < -0.4 is 9.47 Å². The van der Waals surface area contributed by atoms with Crippen LogP contribution in [0.4, 0.5) is 0 Å². The van der Waals surface area contributed by atoms with Gasteiger partial charge < -0.3 is 14.4 Å². The van der Waals surface area contributed by atoms with Crippen LogP contribution in [0.15, 0.2) is 24.3 Å². The molecule has 2 heterocycles. The van der Waals surface area contributed by atoms with E-state index in [4.69, 9.17) is 9.47 Å². The fourth-order valence-corrected chi connectivity index (χ4v) is 2.45. The van der Waals surface area contributed by atoms with Crippen molar-refractivity contribution < 1.29 is 14.3 Å². The van der Waals surface area contributed by atoms with Crippen LogP contribution in [-0.4, -0.2) is 27.4 Å². The fraction of sp³-hybridized carbons (Fsp3) is 0.375. The van der Waals surface area contributed by atoms with Crippen molar-refractivity contribution in [2.45, 2.75) is 26.9 Å². The average Bonchev–Trinajstić information content (AvgIpc) is 3.04. The topological polar surface area (TPSA) is 56.6 Å². The molecule has 1 aromatic carbocycles. The van der Waals surface area contributed by atoms with Crippen LogP contribution in [0.25, 0.3) is 0 Å². The van der Waals surface area contributed by atoms with E-state index in [1.165, 1.54) is 0 Å². The second kappa shape index (κ2) is 5.71. The van der Waals surface area contributed by atoms with Gasteiger partial charge in [0.05, 0.1) is 12.2 Å². The van der Waals surface area contributed by atoms with E-state index in [0.29, 0.717) is 13.1 Å². The Balaban J connectivity index is 1.75. The lowest BCUT2D eigenvalue weighted by molar-refractivity contribution is -0.130. The summed E-state index contributed by atoms with van der Waals surface area (Å²) in [4.78, 5) is 13.7. The minimum absolute atomic E-state index is 0.0148. The highest BCUT2D eigenvalue weighted by molar-refractivity contribution is 5.73. The number of carbonyl (C=O) groups is 1. The average molecular weight is 301 g/mol. The van der Waals surface area contributed by atoms with E-state index in [9.17, 15) is 4.79 Å². The van der Waals surface area contributed by atoms with Crippen molar-refractivity contribution in [3.05, 3.63) is 41.2 Å². The molecule has 0 radical (unpaired) electrons. The minimum atomic E-state index is 0.0148. The van der Waals surface area contributed by atoms with Crippen LogP contribution >= 0.6 is 0 Å². The number of fused-ring (bicyclic) bond motifs is 1. The Morgan fingerprint density at radius 1 is 1.27 bits per heavy atom. The second-order valence-electron chi connectivity index (χ2n) is 5.46. The Kier molecular flexibility index (Phi) is 3.75. The summed E-state index contributed by atoms with van der Waals surface area (Å²) in [6.45, 7) is 4.82. The van der Waals surface area contributed by atoms with Gasteiger partial charge in [-0.05, 0) is 30.7 Å². The summed E-state index contributed by atoms with van der Waals surface area (Å²) >= 11 is 0. The van der Waals surface area contributed by atoms with Gasteiger partial charge in [-0.1, -0.05) is 6.07 Å². The number of ether oxygens (including phenoxy) is 2. The molecule has 0 N–H and O–H groups in total. The van der Waals surface area contributed by atoms with Crippen LogP contribution in [0, 0.1) is 6.92 Å². The lowest BCUT2D eigenvalue weighted by Crippen LogP contribution is -2.27. The maximum absolute atomic E-state index is 11.9. The van der Waals surface area contributed by atoms with E-state index in [1.807, 2.05) is 42.9 Å². The summed E-state index contributed by atoms with van der Waals surface area (Å²) in [5.41, 5.74) is 2.96. The van der Waals surface area contributed by atoms with Gasteiger partial charge in [-0.2, -0.15) is 5.10 Å². The van der Waals surface area contributed by atoms with Crippen LogP contribution in [0.2, 0.25) is 0 Å². The van der Waals surface area contributed by atoms with Gasteiger partial charge in [-0.25, -0.2) is 0 Å². The molecule has 1 amide bonds. The van der Waals surface area contributed by atoms with E-state index < -0.39 is 0 Å². The molecule has 6 heteroatoms. The highest BCUT2D eigenvalue weighted by Crippen LogP contribution is 2.32. The molecular weight excluding hydrogens is 282 g/mol. The number of rotatable bonds is 4. The SMILES string of the molecule is CC(=O)N(Cc1ccc2c(c1)OCO2)Cc1cc(C)n(C)n1. The van der Waals surface area contributed by atoms with Gasteiger partial charge in [0.15, 0.2) is 11.5 Å². The lowest BCUT2D eigenvalue weighted by Gasteiger charge is -2.20. The number of hydrogen-bond donors (Lipinski definition) is 0. The Hall–Kier alpha value is -2.50. The monoisotopic (exact) mass is 301 g/mol. The van der Waals surface area contributed by atoms with Crippen LogP contribution in [-0.2, 0) is 24.9 Å². The highest BCUT2D eigenvalue weighted by Gasteiger charge is 2.17. The standard InChI is InChI=1S/C16H19N3O3/c1-11-6-14(17-18(11)3)9-19(12(2)20)8-13-4-5-15-16(7-13)22-10-21-15/h4-7H,8-10H2,1-3H3. The molecule has 22 heavy (non-hydrogen) atoms. The quantitative estimate of drug-likeness (QED) is 0.867. The van der Waals surface area contributed by atoms with Gasteiger partial charge in [-0.3, -0.25) is 9.48 Å². The third kappa shape index (κ3) is 2.90. The zero-order chi connectivity index (χ0) is 15.7. The summed E-state index contributed by atoms with van der Waals surface area (Å²) in [7, 11) is 1.90. The Morgan fingerprint density at radius 2 is 2.05 bits per heavy atom. The Labute approximate surface area is 129 Å². The molecule has 0 saturated carbocycles. The summed E-state index contributed by atoms with van der Waals surface area (Å²) in [5.74, 6) is 1.49. The first-order valence-corrected chi connectivity index (χ1v) is 7.16. The zero-order valence-electron chi connectivity index (χ0n) is 13.0. The molecule has 0 fully saturated rings. The molecule has 3 rings (SSSR count). The molecule has 1 aromatic heterocycles. The van der Waals surface area contributed by atoms with Gasteiger partial charge in [0, 0.05) is 26.2 Å².